The minimum absolute atomic E-state index is 0.110. The Labute approximate surface area is 271 Å². The normalized spacial score (nSPS) is 14.7. The summed E-state index contributed by atoms with van der Waals surface area (Å²) in [5.74, 6) is -0.217. The highest BCUT2D eigenvalue weighted by Gasteiger charge is 2.32. The Morgan fingerprint density at radius 1 is 0.727 bits per heavy atom. The molecule has 1 aliphatic carbocycles. The maximum Gasteiger partial charge on any atom is 0.217 e. The van der Waals surface area contributed by atoms with E-state index in [9.17, 15) is 9.90 Å². The summed E-state index contributed by atoms with van der Waals surface area (Å²) in [5.41, 5.74) is 6.28. The van der Waals surface area contributed by atoms with Crippen LogP contribution in [0.1, 0.15) is 149 Å². The summed E-state index contributed by atoms with van der Waals surface area (Å²) in [5, 5.41) is 49.0. The van der Waals surface area contributed by atoms with Gasteiger partial charge in [-0.05, 0) is 38.2 Å². The number of aliphatic hydroxyl groups is 6. The summed E-state index contributed by atoms with van der Waals surface area (Å²) in [6.07, 6.45) is 20.6. The van der Waals surface area contributed by atoms with Crippen molar-refractivity contribution in [3.8, 4) is 0 Å². The molecule has 1 aromatic carbocycles. The van der Waals surface area contributed by atoms with E-state index in [1.54, 1.807) is 6.92 Å². The lowest BCUT2D eigenvalue weighted by Crippen LogP contribution is -2.10. The van der Waals surface area contributed by atoms with Crippen LogP contribution in [-0.2, 0) is 11.2 Å². The van der Waals surface area contributed by atoms with Crippen molar-refractivity contribution in [2.24, 2.45) is 5.73 Å². The van der Waals surface area contributed by atoms with Gasteiger partial charge in [-0.15, -0.1) is 0 Å². The second-order valence-electron chi connectivity index (χ2n) is 11.0. The van der Waals surface area contributed by atoms with E-state index in [2.05, 4.69) is 32.9 Å². The molecule has 1 fully saturated rings. The first-order valence-electron chi connectivity index (χ1n) is 17.3. The van der Waals surface area contributed by atoms with Crippen molar-refractivity contribution in [2.75, 3.05) is 20.3 Å². The third-order valence-electron chi connectivity index (χ3n) is 6.52. The van der Waals surface area contributed by atoms with E-state index in [1.807, 2.05) is 18.2 Å². The number of nitrogens with two attached hydrogens (primary N) is 1. The van der Waals surface area contributed by atoms with Gasteiger partial charge < -0.3 is 36.4 Å². The van der Waals surface area contributed by atoms with Crippen molar-refractivity contribution >= 4 is 5.91 Å². The van der Waals surface area contributed by atoms with Crippen molar-refractivity contribution < 1.29 is 35.4 Å². The van der Waals surface area contributed by atoms with E-state index in [-0.39, 0.29) is 25.2 Å². The molecule has 8 N–H and O–H groups in total. The Bertz CT molecular complexity index is 626. The molecule has 3 atom stereocenters. The quantitative estimate of drug-likeness (QED) is 0.0862. The third-order valence-corrected chi connectivity index (χ3v) is 6.52. The lowest BCUT2D eigenvalue weighted by Gasteiger charge is -2.08. The molecular weight excluding hydrogens is 558 g/mol. The highest BCUT2D eigenvalue weighted by Crippen LogP contribution is 2.18. The van der Waals surface area contributed by atoms with Crippen LogP contribution >= 0.6 is 0 Å². The van der Waals surface area contributed by atoms with Gasteiger partial charge in [0.1, 0.15) is 0 Å². The van der Waals surface area contributed by atoms with Gasteiger partial charge in [-0.2, -0.15) is 0 Å². The predicted octanol–water partition coefficient (Wildman–Crippen LogP) is 6.45. The van der Waals surface area contributed by atoms with Crippen molar-refractivity contribution in [3.05, 3.63) is 35.9 Å². The molecule has 1 saturated carbocycles. The standard InChI is InChI=1S/C15H32O2.C10H13NO.C5H12.C3H6O2.C2H6O.CH4O/c1-2-3-4-5-6-7-8-9-10-11-12-15(17)13-14-16;11-10(12)8-4-7-9-5-2-1-3-6-9;1-3-5-4-2;4-2-1-3(2)5;1-2-3;1-2/h15-17H,2-14H2,1H3;1-3,5-6H,4,7-8H2,(H2,11,12);3-5H2,1-2H3;2-5H,1H2;3H,2H2,1H3;2H,1H3. The fraction of sp³-hybridized carbons (Fsp3) is 0.806. The summed E-state index contributed by atoms with van der Waals surface area (Å²) in [6.45, 7) is 8.72. The number of unbranched alkanes of at least 4 members (excludes halogenated alkanes) is 11. The highest BCUT2D eigenvalue weighted by atomic mass is 16.3. The van der Waals surface area contributed by atoms with Gasteiger partial charge in [-0.1, -0.05) is 135 Å². The molecule has 264 valence electrons. The van der Waals surface area contributed by atoms with Gasteiger partial charge in [0.25, 0.3) is 0 Å². The van der Waals surface area contributed by atoms with Crippen LogP contribution in [0.3, 0.4) is 0 Å². The van der Waals surface area contributed by atoms with Crippen LogP contribution in [0.5, 0.6) is 0 Å². The Kier molecular flexibility index (Phi) is 48.9. The van der Waals surface area contributed by atoms with Gasteiger partial charge in [0.2, 0.25) is 5.91 Å². The largest absolute Gasteiger partial charge is 0.400 e. The molecule has 1 aromatic rings. The van der Waals surface area contributed by atoms with Gasteiger partial charge >= 0.3 is 0 Å². The average Bonchev–Trinajstić information content (AvgIpc) is 3.68. The Morgan fingerprint density at radius 3 is 1.48 bits per heavy atom. The number of carbonyl (C=O) groups is 1. The molecule has 44 heavy (non-hydrogen) atoms. The first-order chi connectivity index (χ1) is 21.2. The number of primary amides is 1. The molecule has 0 heterocycles. The van der Waals surface area contributed by atoms with Gasteiger partial charge in [0, 0.05) is 33.2 Å². The maximum absolute atomic E-state index is 10.4. The monoisotopic (exact) mass is 632 g/mol. The van der Waals surface area contributed by atoms with Gasteiger partial charge in [-0.3, -0.25) is 4.79 Å². The van der Waals surface area contributed by atoms with Crippen molar-refractivity contribution in [3.63, 3.8) is 0 Å². The Balaban J connectivity index is -0.000000254. The molecule has 1 aliphatic rings. The Hall–Kier alpha value is -1.55. The number of aryl methyl sites for hydroxylation is 1. The number of hydrogen-bond donors (Lipinski definition) is 7. The average molecular weight is 632 g/mol. The number of amides is 1. The van der Waals surface area contributed by atoms with Crippen molar-refractivity contribution in [2.45, 2.75) is 168 Å². The highest BCUT2D eigenvalue weighted by molar-refractivity contribution is 5.73. The second kappa shape index (κ2) is 43.6. The molecule has 0 radical (unpaired) electrons. The van der Waals surface area contributed by atoms with E-state index in [0.29, 0.717) is 19.3 Å². The molecule has 0 spiro atoms. The van der Waals surface area contributed by atoms with Crippen LogP contribution < -0.4 is 5.73 Å². The molecule has 8 heteroatoms. The minimum atomic E-state index is -0.394. The molecule has 0 aliphatic heterocycles. The van der Waals surface area contributed by atoms with E-state index in [1.165, 1.54) is 82.6 Å². The number of rotatable bonds is 19. The smallest absolute Gasteiger partial charge is 0.217 e. The fourth-order valence-corrected chi connectivity index (χ4v) is 3.79. The number of carbonyl (C=O) groups excluding carboxylic acids is 1. The van der Waals surface area contributed by atoms with Crippen LogP contribution in [0.25, 0.3) is 0 Å². The minimum Gasteiger partial charge on any atom is -0.400 e. The lowest BCUT2D eigenvalue weighted by atomic mass is 10.0. The molecule has 0 aromatic heterocycles. The second-order valence-corrected chi connectivity index (χ2v) is 11.0. The molecule has 1 amide bonds. The van der Waals surface area contributed by atoms with Gasteiger partial charge in [0.05, 0.1) is 18.3 Å². The van der Waals surface area contributed by atoms with Crippen molar-refractivity contribution in [1.29, 1.82) is 0 Å². The zero-order valence-corrected chi connectivity index (χ0v) is 29.1. The zero-order chi connectivity index (χ0) is 34.3. The van der Waals surface area contributed by atoms with Crippen LogP contribution in [0.2, 0.25) is 0 Å². The van der Waals surface area contributed by atoms with Crippen LogP contribution in [0.15, 0.2) is 30.3 Å². The molecular formula is C36H73NO7. The van der Waals surface area contributed by atoms with E-state index >= 15 is 0 Å². The van der Waals surface area contributed by atoms with Crippen LogP contribution in [-0.4, -0.2) is 75.2 Å². The van der Waals surface area contributed by atoms with E-state index < -0.39 is 12.2 Å². The summed E-state index contributed by atoms with van der Waals surface area (Å²) in [4.78, 5) is 10.4. The number of aliphatic hydroxyl groups excluding tert-OH is 6. The number of hydrogen-bond acceptors (Lipinski definition) is 7. The first kappa shape index (κ1) is 49.3. The molecule has 8 nitrogen and oxygen atoms in total. The molecule has 0 saturated heterocycles. The number of benzene rings is 1. The summed E-state index contributed by atoms with van der Waals surface area (Å²) >= 11 is 0. The maximum atomic E-state index is 10.4. The van der Waals surface area contributed by atoms with Crippen molar-refractivity contribution in [1.82, 2.24) is 0 Å². The van der Waals surface area contributed by atoms with Crippen LogP contribution in [0.4, 0.5) is 0 Å². The van der Waals surface area contributed by atoms with E-state index in [0.717, 1.165) is 32.8 Å². The van der Waals surface area contributed by atoms with Gasteiger partial charge in [0.15, 0.2) is 0 Å². The van der Waals surface area contributed by atoms with Crippen LogP contribution in [0, 0.1) is 0 Å². The van der Waals surface area contributed by atoms with E-state index in [4.69, 9.17) is 31.3 Å². The molecule has 0 bridgehead atoms. The fourth-order valence-electron chi connectivity index (χ4n) is 3.79. The molecule has 3 unspecified atom stereocenters. The molecule has 2 rings (SSSR count). The summed E-state index contributed by atoms with van der Waals surface area (Å²) < 4.78 is 0. The predicted molar refractivity (Wildman–Crippen MR) is 185 cm³/mol. The Morgan fingerprint density at radius 2 is 1.14 bits per heavy atom. The SMILES string of the molecule is CCCCC.CCCCCCCCCCCCC(O)CCO.CCO.CO.NC(=O)CCCc1ccccc1.OC1CC1O. The summed E-state index contributed by atoms with van der Waals surface area (Å²) in [7, 11) is 1.00. The first-order valence-corrected chi connectivity index (χ1v) is 17.3. The lowest BCUT2D eigenvalue weighted by molar-refractivity contribution is -0.118. The summed E-state index contributed by atoms with van der Waals surface area (Å²) in [6, 6.07) is 10.1. The van der Waals surface area contributed by atoms with Gasteiger partial charge in [-0.25, -0.2) is 0 Å². The zero-order valence-electron chi connectivity index (χ0n) is 29.1. The topological polar surface area (TPSA) is 164 Å². The third kappa shape index (κ3) is 50.1.